The number of aliphatic hydroxyl groups is 1. The molecule has 3 rings (SSSR count). The van der Waals surface area contributed by atoms with E-state index in [4.69, 9.17) is 9.47 Å². The molecule has 0 saturated carbocycles. The van der Waals surface area contributed by atoms with Gasteiger partial charge < -0.3 is 24.4 Å². The van der Waals surface area contributed by atoms with Crippen molar-refractivity contribution in [1.82, 2.24) is 9.80 Å². The van der Waals surface area contributed by atoms with Crippen LogP contribution in [0.5, 0.6) is 0 Å². The Hall–Kier alpha value is -1.45. The Labute approximate surface area is 192 Å². The van der Waals surface area contributed by atoms with E-state index in [2.05, 4.69) is 22.5 Å². The highest BCUT2D eigenvalue weighted by Crippen LogP contribution is 2.60. The lowest BCUT2D eigenvalue weighted by Gasteiger charge is -2.42. The lowest BCUT2D eigenvalue weighted by atomic mass is 9.70. The van der Waals surface area contributed by atoms with Crippen molar-refractivity contribution < 1.29 is 29.0 Å². The van der Waals surface area contributed by atoms with E-state index in [1.54, 1.807) is 17.9 Å². The number of likely N-dealkylation sites (tertiary alicyclic amines) is 1. The molecule has 0 aromatic heterocycles. The third-order valence-electron chi connectivity index (χ3n) is 6.53. The summed E-state index contributed by atoms with van der Waals surface area (Å²) in [5, 5.41) is 9.39. The van der Waals surface area contributed by atoms with Gasteiger partial charge in [0.05, 0.1) is 24.5 Å². The van der Waals surface area contributed by atoms with Crippen molar-refractivity contribution in [3.05, 3.63) is 12.7 Å². The number of hydrogen-bond donors (Lipinski definition) is 1. The van der Waals surface area contributed by atoms with Crippen LogP contribution in [0.4, 0.5) is 0 Å². The molecule has 3 unspecified atom stereocenters. The Kier molecular flexibility index (Phi) is 6.89. The molecule has 0 aromatic carbocycles. The predicted molar refractivity (Wildman–Crippen MR) is 117 cm³/mol. The van der Waals surface area contributed by atoms with Crippen LogP contribution in [0.1, 0.15) is 40.5 Å². The highest BCUT2D eigenvalue weighted by atomic mass is 79.9. The van der Waals surface area contributed by atoms with Crippen LogP contribution in [0.3, 0.4) is 0 Å². The molecule has 31 heavy (non-hydrogen) atoms. The van der Waals surface area contributed by atoms with Crippen LogP contribution < -0.4 is 0 Å². The average molecular weight is 501 g/mol. The number of nitrogens with zero attached hydrogens (tertiary/aromatic N) is 2. The molecule has 8 nitrogen and oxygen atoms in total. The molecular formula is C22H33BrN2O6. The predicted octanol–water partition coefficient (Wildman–Crippen LogP) is 1.49. The van der Waals surface area contributed by atoms with Crippen molar-refractivity contribution in [2.24, 2.45) is 11.8 Å². The zero-order valence-corrected chi connectivity index (χ0v) is 20.3. The van der Waals surface area contributed by atoms with E-state index in [-0.39, 0.29) is 36.4 Å². The maximum atomic E-state index is 13.9. The molecule has 3 fully saturated rings. The molecule has 0 radical (unpaired) electrons. The van der Waals surface area contributed by atoms with E-state index in [1.165, 1.54) is 4.90 Å². The van der Waals surface area contributed by atoms with Gasteiger partial charge in [-0.3, -0.25) is 14.4 Å². The SMILES string of the molecule is C=CCN(C(=O)C1N(CCCO)C(=O)[C@@H]2[C@@H](C(=O)OCC)[C@@H]3OC12CC3Br)C(C)(C)C. The van der Waals surface area contributed by atoms with Crippen molar-refractivity contribution in [2.75, 3.05) is 26.3 Å². The Balaban J connectivity index is 2.08. The number of amides is 2. The second-order valence-electron chi connectivity index (χ2n) is 9.43. The number of alkyl halides is 1. The molecule has 1 N–H and O–H groups in total. The number of halogens is 1. The van der Waals surface area contributed by atoms with Crippen molar-refractivity contribution in [3.63, 3.8) is 0 Å². The van der Waals surface area contributed by atoms with E-state index >= 15 is 0 Å². The van der Waals surface area contributed by atoms with Crippen LogP contribution in [-0.2, 0) is 23.9 Å². The second kappa shape index (κ2) is 8.83. The lowest BCUT2D eigenvalue weighted by molar-refractivity contribution is -0.155. The molecular weight excluding hydrogens is 468 g/mol. The summed E-state index contributed by atoms with van der Waals surface area (Å²) in [6, 6.07) is -0.875. The zero-order valence-electron chi connectivity index (χ0n) is 18.7. The molecule has 3 aliphatic heterocycles. The van der Waals surface area contributed by atoms with Crippen LogP contribution in [0, 0.1) is 11.8 Å². The number of fused-ring (bicyclic) bond motifs is 1. The third-order valence-corrected chi connectivity index (χ3v) is 7.37. The van der Waals surface area contributed by atoms with E-state index in [9.17, 15) is 19.5 Å². The molecule has 2 bridgehead atoms. The van der Waals surface area contributed by atoms with Crippen LogP contribution in [0.2, 0.25) is 0 Å². The molecule has 174 valence electrons. The van der Waals surface area contributed by atoms with Crippen LogP contribution in [-0.4, -0.2) is 87.1 Å². The highest BCUT2D eigenvalue weighted by Gasteiger charge is 2.77. The van der Waals surface area contributed by atoms with Gasteiger partial charge in [-0.1, -0.05) is 22.0 Å². The normalized spacial score (nSPS) is 34.1. The summed E-state index contributed by atoms with van der Waals surface area (Å²) in [6.07, 6.45) is 1.92. The number of hydrogen-bond acceptors (Lipinski definition) is 6. The van der Waals surface area contributed by atoms with E-state index in [1.807, 2.05) is 20.8 Å². The summed E-state index contributed by atoms with van der Waals surface area (Å²) in [6.45, 7) is 11.9. The molecule has 1 spiro atoms. The van der Waals surface area contributed by atoms with Gasteiger partial charge in [0.15, 0.2) is 0 Å². The molecule has 2 amide bonds. The smallest absolute Gasteiger partial charge is 0.312 e. The van der Waals surface area contributed by atoms with Crippen molar-refractivity contribution >= 4 is 33.7 Å². The molecule has 3 saturated heterocycles. The second-order valence-corrected chi connectivity index (χ2v) is 10.6. The monoisotopic (exact) mass is 500 g/mol. The molecule has 3 aliphatic rings. The van der Waals surface area contributed by atoms with Gasteiger partial charge in [0.2, 0.25) is 11.8 Å². The quantitative estimate of drug-likeness (QED) is 0.308. The number of rotatable bonds is 8. The zero-order chi connectivity index (χ0) is 23.1. The Morgan fingerprint density at radius 1 is 1.45 bits per heavy atom. The van der Waals surface area contributed by atoms with Gasteiger partial charge in [-0.2, -0.15) is 0 Å². The minimum Gasteiger partial charge on any atom is -0.466 e. The Morgan fingerprint density at radius 2 is 2.13 bits per heavy atom. The van der Waals surface area contributed by atoms with Gasteiger partial charge in [-0.05, 0) is 40.5 Å². The van der Waals surface area contributed by atoms with E-state index in [0.717, 1.165) is 0 Å². The van der Waals surface area contributed by atoms with E-state index < -0.39 is 41.1 Å². The van der Waals surface area contributed by atoms with Gasteiger partial charge in [0.1, 0.15) is 11.6 Å². The first-order valence-corrected chi connectivity index (χ1v) is 11.8. The fourth-order valence-corrected chi connectivity index (χ4v) is 6.31. The maximum Gasteiger partial charge on any atom is 0.312 e. The number of ether oxygens (including phenoxy) is 2. The molecule has 9 heteroatoms. The van der Waals surface area contributed by atoms with Crippen LogP contribution in [0.15, 0.2) is 12.7 Å². The van der Waals surface area contributed by atoms with Crippen molar-refractivity contribution in [2.45, 2.75) is 68.6 Å². The lowest BCUT2D eigenvalue weighted by Crippen LogP contribution is -2.60. The van der Waals surface area contributed by atoms with Gasteiger partial charge in [0, 0.05) is 30.1 Å². The fraction of sp³-hybridized carbons (Fsp3) is 0.773. The Bertz CT molecular complexity index is 753. The topological polar surface area (TPSA) is 96.4 Å². The summed E-state index contributed by atoms with van der Waals surface area (Å²) in [7, 11) is 0. The average Bonchev–Trinajstić information content (AvgIpc) is 3.27. The highest BCUT2D eigenvalue weighted by molar-refractivity contribution is 9.09. The fourth-order valence-electron chi connectivity index (χ4n) is 5.37. The number of esters is 1. The first-order chi connectivity index (χ1) is 14.5. The minimum atomic E-state index is -1.11. The van der Waals surface area contributed by atoms with E-state index in [0.29, 0.717) is 19.4 Å². The number of carbonyl (C=O) groups is 3. The summed E-state index contributed by atoms with van der Waals surface area (Å²) in [5.41, 5.74) is -1.61. The molecule has 0 aromatic rings. The van der Waals surface area contributed by atoms with Gasteiger partial charge >= 0.3 is 5.97 Å². The van der Waals surface area contributed by atoms with Gasteiger partial charge in [0.25, 0.3) is 0 Å². The molecule has 3 heterocycles. The summed E-state index contributed by atoms with van der Waals surface area (Å²) in [5.74, 6) is -2.51. The molecule has 6 atom stereocenters. The summed E-state index contributed by atoms with van der Waals surface area (Å²) >= 11 is 3.62. The summed E-state index contributed by atoms with van der Waals surface area (Å²) < 4.78 is 11.7. The standard InChI is InChI=1S/C22H33BrN2O6/c1-6-9-25(21(3,4)5)19(28)17-22-12-13(23)16(31-22)14(20(29)30-7-2)15(22)18(27)24(17)10-8-11-26/h6,13-17,26H,1,7-12H2,2-5H3/t13?,14-,15+,16-,17?,22?/m1/s1. The first-order valence-electron chi connectivity index (χ1n) is 10.9. The number of aliphatic hydroxyl groups excluding tert-OH is 1. The molecule has 0 aliphatic carbocycles. The maximum absolute atomic E-state index is 13.9. The van der Waals surface area contributed by atoms with Crippen LogP contribution >= 0.6 is 15.9 Å². The van der Waals surface area contributed by atoms with Gasteiger partial charge in [-0.15, -0.1) is 6.58 Å². The first kappa shape index (κ1) is 24.2. The largest absolute Gasteiger partial charge is 0.466 e. The number of carbonyl (C=O) groups excluding carboxylic acids is 3. The summed E-state index contributed by atoms with van der Waals surface area (Å²) in [4.78, 5) is 43.4. The van der Waals surface area contributed by atoms with Crippen LogP contribution in [0.25, 0.3) is 0 Å². The minimum absolute atomic E-state index is 0.107. The Morgan fingerprint density at radius 3 is 2.68 bits per heavy atom. The third kappa shape index (κ3) is 3.82. The van der Waals surface area contributed by atoms with Crippen molar-refractivity contribution in [3.8, 4) is 0 Å². The van der Waals surface area contributed by atoms with Gasteiger partial charge in [-0.25, -0.2) is 0 Å². The van der Waals surface area contributed by atoms with Crippen molar-refractivity contribution in [1.29, 1.82) is 0 Å².